The summed E-state index contributed by atoms with van der Waals surface area (Å²) in [7, 11) is 0. The van der Waals surface area contributed by atoms with Gasteiger partial charge in [-0.1, -0.05) is 5.16 Å². The maximum Gasteiger partial charge on any atom is 0.233 e. The molecule has 0 aliphatic heterocycles. The quantitative estimate of drug-likeness (QED) is 0.745. The van der Waals surface area contributed by atoms with Crippen LogP contribution in [0.2, 0.25) is 0 Å². The molecule has 0 fully saturated rings. The standard InChI is InChI=1S/C10H17N3O2/c1-4-12-10(14)6-11-5-9-7(2)13-15-8(9)3/h11H,4-6H2,1-3H3,(H,12,14). The van der Waals surface area contributed by atoms with Gasteiger partial charge in [0.2, 0.25) is 5.91 Å². The maximum absolute atomic E-state index is 11.1. The van der Waals surface area contributed by atoms with E-state index in [1.807, 2.05) is 20.8 Å². The third-order valence-corrected chi connectivity index (χ3v) is 2.14. The van der Waals surface area contributed by atoms with Crippen LogP contribution in [0.15, 0.2) is 4.52 Å². The lowest BCUT2D eigenvalue weighted by Crippen LogP contribution is -2.33. The minimum atomic E-state index is 0.00394. The second-order valence-electron chi connectivity index (χ2n) is 3.36. The molecule has 0 aliphatic rings. The predicted molar refractivity (Wildman–Crippen MR) is 56.4 cm³/mol. The number of nitrogens with one attached hydrogen (secondary N) is 2. The molecule has 0 saturated heterocycles. The molecular formula is C10H17N3O2. The Morgan fingerprint density at radius 1 is 1.47 bits per heavy atom. The molecule has 0 aromatic carbocycles. The SMILES string of the molecule is CCNC(=O)CNCc1c(C)noc1C. The van der Waals surface area contributed by atoms with E-state index in [2.05, 4.69) is 15.8 Å². The Kier molecular flexibility index (Phi) is 4.30. The number of amides is 1. The fourth-order valence-electron chi connectivity index (χ4n) is 1.31. The van der Waals surface area contributed by atoms with Crippen LogP contribution >= 0.6 is 0 Å². The molecule has 0 unspecified atom stereocenters. The van der Waals surface area contributed by atoms with Crippen molar-refractivity contribution in [2.75, 3.05) is 13.1 Å². The normalized spacial score (nSPS) is 10.3. The van der Waals surface area contributed by atoms with E-state index in [1.54, 1.807) is 0 Å². The van der Waals surface area contributed by atoms with Crippen LogP contribution in [0.1, 0.15) is 23.9 Å². The first-order chi connectivity index (χ1) is 7.15. The molecule has 1 amide bonds. The van der Waals surface area contributed by atoms with Crippen molar-refractivity contribution >= 4 is 5.91 Å². The first-order valence-corrected chi connectivity index (χ1v) is 5.04. The minimum Gasteiger partial charge on any atom is -0.361 e. The highest BCUT2D eigenvalue weighted by molar-refractivity contribution is 5.77. The summed E-state index contributed by atoms with van der Waals surface area (Å²) in [6.45, 7) is 7.23. The Hall–Kier alpha value is -1.36. The van der Waals surface area contributed by atoms with Crippen molar-refractivity contribution in [3.05, 3.63) is 17.0 Å². The Bertz CT molecular complexity index is 314. The highest BCUT2D eigenvalue weighted by Gasteiger charge is 2.08. The average Bonchev–Trinajstić information content (AvgIpc) is 2.49. The number of likely N-dealkylation sites (N-methyl/N-ethyl adjacent to an activating group) is 1. The third-order valence-electron chi connectivity index (χ3n) is 2.14. The number of carbonyl (C=O) groups excluding carboxylic acids is 1. The van der Waals surface area contributed by atoms with Crippen LogP contribution in [0.4, 0.5) is 0 Å². The fraction of sp³-hybridized carbons (Fsp3) is 0.600. The van der Waals surface area contributed by atoms with Crippen LogP contribution in [-0.2, 0) is 11.3 Å². The number of nitrogens with zero attached hydrogens (tertiary/aromatic N) is 1. The lowest BCUT2D eigenvalue weighted by Gasteiger charge is -2.04. The molecule has 0 radical (unpaired) electrons. The number of rotatable bonds is 5. The van der Waals surface area contributed by atoms with Gasteiger partial charge in [-0.15, -0.1) is 0 Å². The van der Waals surface area contributed by atoms with E-state index in [0.717, 1.165) is 17.0 Å². The van der Waals surface area contributed by atoms with Crippen molar-refractivity contribution in [2.45, 2.75) is 27.3 Å². The second-order valence-corrected chi connectivity index (χ2v) is 3.36. The summed E-state index contributed by atoms with van der Waals surface area (Å²) in [6.07, 6.45) is 0. The van der Waals surface area contributed by atoms with Crippen LogP contribution in [0.3, 0.4) is 0 Å². The monoisotopic (exact) mass is 211 g/mol. The molecule has 1 rings (SSSR count). The maximum atomic E-state index is 11.1. The van der Waals surface area contributed by atoms with Gasteiger partial charge in [-0.25, -0.2) is 0 Å². The summed E-state index contributed by atoms with van der Waals surface area (Å²) >= 11 is 0. The molecule has 0 spiro atoms. The Morgan fingerprint density at radius 2 is 2.20 bits per heavy atom. The Balaban J connectivity index is 2.35. The van der Waals surface area contributed by atoms with Crippen molar-refractivity contribution in [2.24, 2.45) is 0 Å². The van der Waals surface area contributed by atoms with E-state index >= 15 is 0 Å². The highest BCUT2D eigenvalue weighted by atomic mass is 16.5. The van der Waals surface area contributed by atoms with Gasteiger partial charge in [0.25, 0.3) is 0 Å². The Morgan fingerprint density at radius 3 is 2.73 bits per heavy atom. The van der Waals surface area contributed by atoms with Crippen LogP contribution in [0.5, 0.6) is 0 Å². The second kappa shape index (κ2) is 5.50. The predicted octanol–water partition coefficient (Wildman–Crippen LogP) is 0.517. The summed E-state index contributed by atoms with van der Waals surface area (Å²) in [5.74, 6) is 0.806. The van der Waals surface area contributed by atoms with Gasteiger partial charge in [-0.2, -0.15) is 0 Å². The first kappa shape index (κ1) is 11.7. The topological polar surface area (TPSA) is 67.2 Å². The van der Waals surface area contributed by atoms with Crippen molar-refractivity contribution in [1.29, 1.82) is 0 Å². The fourth-order valence-corrected chi connectivity index (χ4v) is 1.31. The highest BCUT2D eigenvalue weighted by Crippen LogP contribution is 2.10. The van der Waals surface area contributed by atoms with E-state index in [1.165, 1.54) is 0 Å². The van der Waals surface area contributed by atoms with E-state index in [4.69, 9.17) is 4.52 Å². The van der Waals surface area contributed by atoms with Gasteiger partial charge in [-0.05, 0) is 20.8 Å². The molecule has 5 heteroatoms. The molecule has 15 heavy (non-hydrogen) atoms. The van der Waals surface area contributed by atoms with Gasteiger partial charge in [0.15, 0.2) is 0 Å². The molecule has 5 nitrogen and oxygen atoms in total. The smallest absolute Gasteiger partial charge is 0.233 e. The van der Waals surface area contributed by atoms with Crippen LogP contribution < -0.4 is 10.6 Å². The molecule has 0 aliphatic carbocycles. The lowest BCUT2D eigenvalue weighted by atomic mass is 10.2. The van der Waals surface area contributed by atoms with Gasteiger partial charge in [-0.3, -0.25) is 4.79 Å². The minimum absolute atomic E-state index is 0.00394. The Labute approximate surface area is 89.2 Å². The van der Waals surface area contributed by atoms with Crippen LogP contribution in [0.25, 0.3) is 0 Å². The average molecular weight is 211 g/mol. The van der Waals surface area contributed by atoms with E-state index in [9.17, 15) is 4.79 Å². The van der Waals surface area contributed by atoms with Gasteiger partial charge < -0.3 is 15.2 Å². The summed E-state index contributed by atoms with van der Waals surface area (Å²) < 4.78 is 5.01. The van der Waals surface area contributed by atoms with E-state index < -0.39 is 0 Å². The summed E-state index contributed by atoms with van der Waals surface area (Å²) in [6, 6.07) is 0. The zero-order valence-corrected chi connectivity index (χ0v) is 9.39. The van der Waals surface area contributed by atoms with Crippen LogP contribution in [-0.4, -0.2) is 24.2 Å². The zero-order valence-electron chi connectivity index (χ0n) is 9.39. The van der Waals surface area contributed by atoms with Gasteiger partial charge in [0.1, 0.15) is 5.76 Å². The van der Waals surface area contributed by atoms with E-state index in [-0.39, 0.29) is 5.91 Å². The van der Waals surface area contributed by atoms with Gasteiger partial charge >= 0.3 is 0 Å². The zero-order chi connectivity index (χ0) is 11.3. The third kappa shape index (κ3) is 3.36. The lowest BCUT2D eigenvalue weighted by molar-refractivity contribution is -0.120. The summed E-state index contributed by atoms with van der Waals surface area (Å²) in [4.78, 5) is 11.1. The molecule has 0 bridgehead atoms. The number of hydrogen-bond acceptors (Lipinski definition) is 4. The van der Waals surface area contributed by atoms with Gasteiger partial charge in [0.05, 0.1) is 12.2 Å². The number of carbonyl (C=O) groups is 1. The molecule has 2 N–H and O–H groups in total. The van der Waals surface area contributed by atoms with E-state index in [0.29, 0.717) is 19.6 Å². The van der Waals surface area contributed by atoms with Gasteiger partial charge in [0, 0.05) is 18.7 Å². The van der Waals surface area contributed by atoms with Crippen molar-refractivity contribution in [3.63, 3.8) is 0 Å². The number of hydrogen-bond donors (Lipinski definition) is 2. The molecule has 1 heterocycles. The molecule has 1 aromatic rings. The van der Waals surface area contributed by atoms with Crippen molar-refractivity contribution < 1.29 is 9.32 Å². The van der Waals surface area contributed by atoms with Crippen molar-refractivity contribution in [3.8, 4) is 0 Å². The largest absolute Gasteiger partial charge is 0.361 e. The molecule has 0 atom stereocenters. The first-order valence-electron chi connectivity index (χ1n) is 5.04. The summed E-state index contributed by atoms with van der Waals surface area (Å²) in [5, 5.41) is 9.59. The number of aryl methyl sites for hydroxylation is 2. The molecule has 0 saturated carbocycles. The molecule has 1 aromatic heterocycles. The molecular weight excluding hydrogens is 194 g/mol. The van der Waals surface area contributed by atoms with Crippen molar-refractivity contribution in [1.82, 2.24) is 15.8 Å². The van der Waals surface area contributed by atoms with Crippen LogP contribution in [0, 0.1) is 13.8 Å². The number of aromatic nitrogens is 1. The molecule has 84 valence electrons. The summed E-state index contributed by atoms with van der Waals surface area (Å²) in [5.41, 5.74) is 1.90.